The fourth-order valence-corrected chi connectivity index (χ4v) is 4.83. The van der Waals surface area contributed by atoms with Crippen molar-refractivity contribution in [2.24, 2.45) is 0 Å². The number of carbonyl (C=O) groups excluding carboxylic acids is 1. The van der Waals surface area contributed by atoms with Gasteiger partial charge < -0.3 is 15.5 Å². The van der Waals surface area contributed by atoms with Crippen LogP contribution in [0.15, 0.2) is 107 Å². The topological polar surface area (TPSA) is 133 Å². The van der Waals surface area contributed by atoms with Gasteiger partial charge in [-0.15, -0.1) is 5.10 Å². The van der Waals surface area contributed by atoms with E-state index in [2.05, 4.69) is 15.6 Å². The van der Waals surface area contributed by atoms with Crippen LogP contribution in [0, 0.1) is 0 Å². The highest BCUT2D eigenvalue weighted by molar-refractivity contribution is 7.90. The molecular formula is C26H21N5O4S. The lowest BCUT2D eigenvalue weighted by Gasteiger charge is -2.10. The van der Waals surface area contributed by atoms with Crippen LogP contribution in [-0.4, -0.2) is 29.3 Å². The number of sulfone groups is 1. The summed E-state index contributed by atoms with van der Waals surface area (Å²) >= 11 is 0. The van der Waals surface area contributed by atoms with Gasteiger partial charge in [-0.25, -0.2) is 13.1 Å². The Kier molecular flexibility index (Phi) is 6.09. The van der Waals surface area contributed by atoms with Crippen molar-refractivity contribution >= 4 is 27.1 Å². The van der Waals surface area contributed by atoms with E-state index >= 15 is 0 Å². The van der Waals surface area contributed by atoms with E-state index in [1.165, 1.54) is 16.8 Å². The van der Waals surface area contributed by atoms with Gasteiger partial charge in [0.05, 0.1) is 35.0 Å². The molecule has 3 aromatic carbocycles. The van der Waals surface area contributed by atoms with Crippen LogP contribution in [0.1, 0.15) is 10.4 Å². The molecule has 0 atom stereocenters. The number of benzene rings is 3. The molecule has 0 fully saturated rings. The van der Waals surface area contributed by atoms with Crippen molar-refractivity contribution in [1.82, 2.24) is 15.0 Å². The lowest BCUT2D eigenvalue weighted by Crippen LogP contribution is -2.13. The number of rotatable bonds is 7. The average molecular weight is 500 g/mol. The molecule has 0 aliphatic rings. The van der Waals surface area contributed by atoms with E-state index in [1.54, 1.807) is 73.3 Å². The van der Waals surface area contributed by atoms with Crippen molar-refractivity contribution in [1.29, 1.82) is 0 Å². The largest absolute Gasteiger partial charge is 0.472 e. The number of hydrogen-bond acceptors (Lipinski definition) is 7. The van der Waals surface area contributed by atoms with E-state index in [1.807, 2.05) is 12.1 Å². The van der Waals surface area contributed by atoms with E-state index in [-0.39, 0.29) is 16.7 Å². The van der Waals surface area contributed by atoms with Crippen molar-refractivity contribution in [2.75, 3.05) is 11.1 Å². The monoisotopic (exact) mass is 499 g/mol. The summed E-state index contributed by atoms with van der Waals surface area (Å²) in [6, 6.07) is 22.1. The Morgan fingerprint density at radius 1 is 0.944 bits per heavy atom. The zero-order valence-electron chi connectivity index (χ0n) is 18.9. The number of furan rings is 1. The predicted molar refractivity (Wildman–Crippen MR) is 136 cm³/mol. The van der Waals surface area contributed by atoms with Gasteiger partial charge in [-0.3, -0.25) is 4.79 Å². The van der Waals surface area contributed by atoms with Crippen LogP contribution < -0.4 is 11.1 Å². The number of nitrogen functional groups attached to an aromatic ring is 1. The van der Waals surface area contributed by atoms with E-state index < -0.39 is 9.84 Å². The summed E-state index contributed by atoms with van der Waals surface area (Å²) in [5.41, 5.74) is 10.3. The van der Waals surface area contributed by atoms with Crippen LogP contribution in [0.3, 0.4) is 0 Å². The quantitative estimate of drug-likeness (QED) is 0.316. The van der Waals surface area contributed by atoms with Gasteiger partial charge in [-0.2, -0.15) is 0 Å². The Morgan fingerprint density at radius 3 is 2.42 bits per heavy atom. The molecule has 0 bridgehead atoms. The van der Waals surface area contributed by atoms with Crippen LogP contribution in [0.2, 0.25) is 0 Å². The minimum Gasteiger partial charge on any atom is -0.472 e. The third kappa shape index (κ3) is 4.89. The van der Waals surface area contributed by atoms with Gasteiger partial charge in [0.1, 0.15) is 11.6 Å². The zero-order valence-corrected chi connectivity index (χ0v) is 19.7. The summed E-state index contributed by atoms with van der Waals surface area (Å²) in [5, 5.41) is 10.9. The Balaban J connectivity index is 1.29. The highest BCUT2D eigenvalue weighted by Gasteiger charge is 2.17. The number of carbonyl (C=O) groups is 1. The Bertz CT molecular complexity index is 1610. The van der Waals surface area contributed by atoms with E-state index in [4.69, 9.17) is 10.2 Å². The SMILES string of the molecule is Nc1ccc(-c2ccoc2)cc1NC(=O)c1ccc(-c2cn(CS(=O)(=O)c3ccccc3)nn2)cc1. The molecular weight excluding hydrogens is 478 g/mol. The van der Waals surface area contributed by atoms with Gasteiger partial charge in [0.2, 0.25) is 0 Å². The number of hydrogen-bond donors (Lipinski definition) is 2. The number of amides is 1. The first-order chi connectivity index (χ1) is 17.4. The molecule has 0 unspecified atom stereocenters. The molecule has 0 radical (unpaired) electrons. The summed E-state index contributed by atoms with van der Waals surface area (Å²) in [5.74, 6) is -0.653. The number of nitrogens with two attached hydrogens (primary N) is 1. The highest BCUT2D eigenvalue weighted by Crippen LogP contribution is 2.28. The van der Waals surface area contributed by atoms with Crippen molar-refractivity contribution in [3.05, 3.63) is 103 Å². The number of anilines is 2. The third-order valence-electron chi connectivity index (χ3n) is 5.54. The van der Waals surface area contributed by atoms with Gasteiger partial charge >= 0.3 is 0 Å². The first kappa shape index (κ1) is 23.1. The smallest absolute Gasteiger partial charge is 0.255 e. The van der Waals surface area contributed by atoms with Crippen molar-refractivity contribution in [2.45, 2.75) is 10.8 Å². The summed E-state index contributed by atoms with van der Waals surface area (Å²) in [7, 11) is -3.56. The molecule has 0 spiro atoms. The van der Waals surface area contributed by atoms with Crippen molar-refractivity contribution in [3.63, 3.8) is 0 Å². The zero-order chi connectivity index (χ0) is 25.1. The molecule has 0 saturated carbocycles. The molecule has 5 rings (SSSR count). The minimum atomic E-state index is -3.56. The van der Waals surface area contributed by atoms with Crippen LogP contribution in [-0.2, 0) is 15.7 Å². The van der Waals surface area contributed by atoms with Gasteiger partial charge in [0.15, 0.2) is 9.84 Å². The van der Waals surface area contributed by atoms with Gasteiger partial charge in [0.25, 0.3) is 5.91 Å². The second-order valence-corrected chi connectivity index (χ2v) is 10.0. The molecule has 36 heavy (non-hydrogen) atoms. The number of nitrogens with one attached hydrogen (secondary N) is 1. The summed E-state index contributed by atoms with van der Waals surface area (Å²) < 4.78 is 31.6. The highest BCUT2D eigenvalue weighted by atomic mass is 32.2. The van der Waals surface area contributed by atoms with E-state index in [0.717, 1.165) is 11.1 Å². The fourth-order valence-electron chi connectivity index (χ4n) is 3.63. The van der Waals surface area contributed by atoms with Gasteiger partial charge in [0, 0.05) is 16.7 Å². The third-order valence-corrected chi connectivity index (χ3v) is 7.14. The second-order valence-electron chi connectivity index (χ2n) is 8.05. The summed E-state index contributed by atoms with van der Waals surface area (Å²) in [4.78, 5) is 13.0. The molecule has 9 nitrogen and oxygen atoms in total. The fraction of sp³-hybridized carbons (Fsp3) is 0.0385. The Labute approximate surface area is 207 Å². The predicted octanol–water partition coefficient (Wildman–Crippen LogP) is 4.47. The Morgan fingerprint density at radius 2 is 1.69 bits per heavy atom. The number of aromatic nitrogens is 3. The van der Waals surface area contributed by atoms with E-state index in [0.29, 0.717) is 28.2 Å². The van der Waals surface area contributed by atoms with Crippen LogP contribution in [0.4, 0.5) is 11.4 Å². The molecule has 2 heterocycles. The maximum absolute atomic E-state index is 12.8. The average Bonchev–Trinajstić information content (AvgIpc) is 3.59. The van der Waals surface area contributed by atoms with Crippen LogP contribution >= 0.6 is 0 Å². The second kappa shape index (κ2) is 9.51. The molecule has 1 amide bonds. The molecule has 5 aromatic rings. The molecule has 2 aromatic heterocycles. The standard InChI is InChI=1S/C26H21N5O4S/c27-23-11-10-20(21-12-13-35-16-21)14-24(23)28-26(32)19-8-6-18(7-9-19)25-15-31(30-29-25)17-36(33,34)22-4-2-1-3-5-22/h1-16H,17,27H2,(H,28,32). The summed E-state index contributed by atoms with van der Waals surface area (Å²) in [6.45, 7) is 0. The normalized spacial score (nSPS) is 11.3. The lowest BCUT2D eigenvalue weighted by molar-refractivity contribution is 0.102. The molecule has 0 saturated heterocycles. The molecule has 180 valence electrons. The van der Waals surface area contributed by atoms with Gasteiger partial charge in [-0.05, 0) is 48.0 Å². The van der Waals surface area contributed by atoms with Crippen molar-refractivity contribution < 1.29 is 17.6 Å². The van der Waals surface area contributed by atoms with Crippen molar-refractivity contribution in [3.8, 4) is 22.4 Å². The maximum Gasteiger partial charge on any atom is 0.255 e. The lowest BCUT2D eigenvalue weighted by atomic mass is 10.1. The molecule has 0 aliphatic heterocycles. The van der Waals surface area contributed by atoms with Crippen LogP contribution in [0.5, 0.6) is 0 Å². The first-order valence-electron chi connectivity index (χ1n) is 10.9. The Hall–Kier alpha value is -4.70. The van der Waals surface area contributed by atoms with E-state index in [9.17, 15) is 13.2 Å². The minimum absolute atomic E-state index is 0.216. The first-order valence-corrected chi connectivity index (χ1v) is 12.6. The van der Waals surface area contributed by atoms with Crippen LogP contribution in [0.25, 0.3) is 22.4 Å². The maximum atomic E-state index is 12.8. The molecule has 0 aliphatic carbocycles. The molecule has 3 N–H and O–H groups in total. The molecule has 10 heteroatoms. The summed E-state index contributed by atoms with van der Waals surface area (Å²) in [6.07, 6.45) is 4.74. The van der Waals surface area contributed by atoms with Gasteiger partial charge in [-0.1, -0.05) is 41.6 Å². The number of nitrogens with zero attached hydrogens (tertiary/aromatic N) is 3.